The highest BCUT2D eigenvalue weighted by molar-refractivity contribution is 5.73. The Bertz CT molecular complexity index is 573. The molecule has 2 aromatic rings. The predicted octanol–water partition coefficient (Wildman–Crippen LogP) is 2.73. The number of hydrogen-bond donors (Lipinski definition) is 1. The average Bonchev–Trinajstić information content (AvgIpc) is 2.69. The van der Waals surface area contributed by atoms with E-state index >= 15 is 0 Å². The molecule has 0 aliphatic carbocycles. The lowest BCUT2D eigenvalue weighted by Crippen LogP contribution is -2.00. The summed E-state index contributed by atoms with van der Waals surface area (Å²) in [5.74, 6) is 1.50. The zero-order valence-corrected chi connectivity index (χ0v) is 11.2. The highest BCUT2D eigenvalue weighted by Crippen LogP contribution is 2.37. The first-order chi connectivity index (χ1) is 8.58. The van der Waals surface area contributed by atoms with Crippen molar-refractivity contribution in [3.63, 3.8) is 0 Å². The van der Waals surface area contributed by atoms with Gasteiger partial charge in [0, 0.05) is 12.1 Å². The molecule has 0 aliphatic rings. The Morgan fingerprint density at radius 3 is 2.61 bits per heavy atom. The van der Waals surface area contributed by atoms with Gasteiger partial charge in [-0.15, -0.1) is 0 Å². The fourth-order valence-corrected chi connectivity index (χ4v) is 2.21. The highest BCUT2D eigenvalue weighted by Gasteiger charge is 2.19. The van der Waals surface area contributed by atoms with E-state index in [1.807, 2.05) is 26.8 Å². The van der Waals surface area contributed by atoms with Crippen LogP contribution < -0.4 is 10.5 Å². The van der Waals surface area contributed by atoms with Crippen molar-refractivity contribution in [2.24, 2.45) is 5.73 Å². The monoisotopic (exact) mass is 246 g/mol. The summed E-state index contributed by atoms with van der Waals surface area (Å²) in [6.07, 6.45) is 0. The molecule has 0 saturated carbocycles. The molecule has 1 aromatic carbocycles. The number of hydrogen-bond acceptors (Lipinski definition) is 4. The fraction of sp³-hybridized carbons (Fsp3) is 0.357. The molecular formula is C14H18N2O2. The van der Waals surface area contributed by atoms with Crippen molar-refractivity contribution in [2.45, 2.75) is 27.3 Å². The van der Waals surface area contributed by atoms with Gasteiger partial charge in [0.15, 0.2) is 5.76 Å². The van der Waals surface area contributed by atoms with Gasteiger partial charge in [-0.05, 0) is 38.0 Å². The van der Waals surface area contributed by atoms with E-state index in [2.05, 4.69) is 11.2 Å². The Labute approximate surface area is 107 Å². The molecule has 0 aliphatic heterocycles. The van der Waals surface area contributed by atoms with Crippen LogP contribution in [0.1, 0.15) is 22.4 Å². The maximum Gasteiger partial charge on any atom is 0.175 e. The molecule has 2 rings (SSSR count). The molecule has 0 radical (unpaired) electrons. The maximum absolute atomic E-state index is 5.76. The number of benzene rings is 1. The van der Waals surface area contributed by atoms with Crippen LogP contribution in [-0.2, 0) is 6.54 Å². The van der Waals surface area contributed by atoms with Gasteiger partial charge in [-0.2, -0.15) is 0 Å². The number of rotatable bonds is 3. The maximum atomic E-state index is 5.76. The van der Waals surface area contributed by atoms with Crippen molar-refractivity contribution in [3.05, 3.63) is 34.5 Å². The van der Waals surface area contributed by atoms with E-state index in [-0.39, 0.29) is 0 Å². The normalized spacial score (nSPS) is 10.7. The molecule has 96 valence electrons. The molecule has 0 amide bonds. The fourth-order valence-electron chi connectivity index (χ4n) is 2.21. The molecule has 18 heavy (non-hydrogen) atoms. The van der Waals surface area contributed by atoms with E-state index < -0.39 is 0 Å². The minimum atomic E-state index is 0.404. The quantitative estimate of drug-likeness (QED) is 0.904. The summed E-state index contributed by atoms with van der Waals surface area (Å²) in [4.78, 5) is 0. The molecule has 0 saturated heterocycles. The Hall–Kier alpha value is -1.81. The number of methoxy groups -OCH3 is 1. The lowest BCUT2D eigenvalue weighted by atomic mass is 9.99. The summed E-state index contributed by atoms with van der Waals surface area (Å²) >= 11 is 0. The second kappa shape index (κ2) is 4.82. The molecular weight excluding hydrogens is 228 g/mol. The Morgan fingerprint density at radius 1 is 1.28 bits per heavy atom. The Kier molecular flexibility index (Phi) is 3.39. The summed E-state index contributed by atoms with van der Waals surface area (Å²) in [5, 5.41) is 3.99. The second-order valence-electron chi connectivity index (χ2n) is 4.44. The molecule has 1 heterocycles. The van der Waals surface area contributed by atoms with Crippen LogP contribution in [0.2, 0.25) is 0 Å². The zero-order valence-electron chi connectivity index (χ0n) is 11.2. The van der Waals surface area contributed by atoms with Crippen LogP contribution in [0.3, 0.4) is 0 Å². The molecule has 2 N–H and O–H groups in total. The van der Waals surface area contributed by atoms with Gasteiger partial charge in [0.2, 0.25) is 0 Å². The summed E-state index contributed by atoms with van der Waals surface area (Å²) in [7, 11) is 1.66. The lowest BCUT2D eigenvalue weighted by Gasteiger charge is -2.11. The molecule has 0 atom stereocenters. The smallest absolute Gasteiger partial charge is 0.175 e. The van der Waals surface area contributed by atoms with Crippen molar-refractivity contribution in [3.8, 4) is 17.1 Å². The van der Waals surface area contributed by atoms with E-state index in [0.29, 0.717) is 12.3 Å². The van der Waals surface area contributed by atoms with Gasteiger partial charge in [-0.3, -0.25) is 0 Å². The van der Waals surface area contributed by atoms with E-state index in [1.54, 1.807) is 7.11 Å². The van der Waals surface area contributed by atoms with Gasteiger partial charge in [0.05, 0.1) is 18.4 Å². The van der Waals surface area contributed by atoms with Crippen molar-refractivity contribution in [2.75, 3.05) is 7.11 Å². The van der Waals surface area contributed by atoms with E-state index in [9.17, 15) is 0 Å². The third-order valence-electron chi connectivity index (χ3n) is 3.08. The Morgan fingerprint density at radius 2 is 2.00 bits per heavy atom. The number of nitrogens with zero attached hydrogens (tertiary/aromatic N) is 1. The lowest BCUT2D eigenvalue weighted by molar-refractivity contribution is 0.404. The number of nitrogens with two attached hydrogens (primary N) is 1. The largest absolute Gasteiger partial charge is 0.496 e. The van der Waals surface area contributed by atoms with Gasteiger partial charge in [0.25, 0.3) is 0 Å². The second-order valence-corrected chi connectivity index (χ2v) is 4.44. The molecule has 1 aromatic heterocycles. The van der Waals surface area contributed by atoms with Gasteiger partial charge < -0.3 is 15.0 Å². The first-order valence-corrected chi connectivity index (χ1v) is 5.89. The molecule has 0 spiro atoms. The molecule has 0 unspecified atom stereocenters. The van der Waals surface area contributed by atoms with Gasteiger partial charge in [-0.1, -0.05) is 11.2 Å². The Balaban J connectivity index is 2.70. The van der Waals surface area contributed by atoms with Crippen LogP contribution in [0.4, 0.5) is 0 Å². The topological polar surface area (TPSA) is 61.3 Å². The van der Waals surface area contributed by atoms with Gasteiger partial charge in [-0.25, -0.2) is 0 Å². The van der Waals surface area contributed by atoms with Gasteiger partial charge >= 0.3 is 0 Å². The summed E-state index contributed by atoms with van der Waals surface area (Å²) in [6, 6.07) is 4.08. The highest BCUT2D eigenvalue weighted by atomic mass is 16.5. The van der Waals surface area contributed by atoms with E-state index in [1.165, 1.54) is 0 Å². The standard InChI is InChI=1S/C14H18N2O2/c1-8-5-9(2)13(12(6-8)17-4)14-11(7-15)10(3)16-18-14/h5-6H,7,15H2,1-4H3. The van der Waals surface area contributed by atoms with Crippen LogP contribution in [-0.4, -0.2) is 12.3 Å². The summed E-state index contributed by atoms with van der Waals surface area (Å²) in [5.41, 5.74) is 10.7. The SMILES string of the molecule is COc1cc(C)cc(C)c1-c1onc(C)c1CN. The third-order valence-corrected chi connectivity index (χ3v) is 3.08. The van der Waals surface area contributed by atoms with Crippen LogP contribution in [0.25, 0.3) is 11.3 Å². The zero-order chi connectivity index (χ0) is 13.3. The molecule has 0 fully saturated rings. The van der Waals surface area contributed by atoms with Crippen molar-refractivity contribution >= 4 is 0 Å². The number of aryl methyl sites for hydroxylation is 3. The average molecular weight is 246 g/mol. The molecule has 0 bridgehead atoms. The predicted molar refractivity (Wildman–Crippen MR) is 70.6 cm³/mol. The van der Waals surface area contributed by atoms with E-state index in [0.717, 1.165) is 33.7 Å². The summed E-state index contributed by atoms with van der Waals surface area (Å²) < 4.78 is 10.9. The summed E-state index contributed by atoms with van der Waals surface area (Å²) in [6.45, 7) is 6.37. The van der Waals surface area contributed by atoms with Crippen LogP contribution >= 0.6 is 0 Å². The van der Waals surface area contributed by atoms with Crippen molar-refractivity contribution < 1.29 is 9.26 Å². The van der Waals surface area contributed by atoms with Crippen LogP contribution in [0.5, 0.6) is 5.75 Å². The molecule has 4 nitrogen and oxygen atoms in total. The van der Waals surface area contributed by atoms with Crippen LogP contribution in [0, 0.1) is 20.8 Å². The van der Waals surface area contributed by atoms with Crippen molar-refractivity contribution in [1.82, 2.24) is 5.16 Å². The van der Waals surface area contributed by atoms with E-state index in [4.69, 9.17) is 15.0 Å². The third kappa shape index (κ3) is 1.99. The molecule has 4 heteroatoms. The first-order valence-electron chi connectivity index (χ1n) is 5.89. The van der Waals surface area contributed by atoms with Gasteiger partial charge in [0.1, 0.15) is 5.75 Å². The number of ether oxygens (including phenoxy) is 1. The minimum Gasteiger partial charge on any atom is -0.496 e. The number of aromatic nitrogens is 1. The van der Waals surface area contributed by atoms with Crippen LogP contribution in [0.15, 0.2) is 16.7 Å². The van der Waals surface area contributed by atoms with Crippen molar-refractivity contribution in [1.29, 1.82) is 0 Å². The minimum absolute atomic E-state index is 0.404. The first kappa shape index (κ1) is 12.6.